The molecule has 0 saturated carbocycles. The van der Waals surface area contributed by atoms with Crippen LogP contribution in [0.5, 0.6) is 0 Å². The van der Waals surface area contributed by atoms with Crippen LogP contribution in [-0.2, 0) is 19.2 Å². The third-order valence-electron chi connectivity index (χ3n) is 1.41. The van der Waals surface area contributed by atoms with Crippen molar-refractivity contribution in [2.75, 3.05) is 0 Å². The Kier molecular flexibility index (Phi) is 17.4. The normalized spacial score (nSPS) is 8.12. The van der Waals surface area contributed by atoms with Gasteiger partial charge in [-0.3, -0.25) is 9.59 Å². The first-order valence-corrected chi connectivity index (χ1v) is 4.85. The summed E-state index contributed by atoms with van der Waals surface area (Å²) >= 11 is 0. The molecule has 0 rings (SSSR count). The molecule has 0 aliphatic heterocycles. The van der Waals surface area contributed by atoms with E-state index in [4.69, 9.17) is 0 Å². The summed E-state index contributed by atoms with van der Waals surface area (Å²) in [5.74, 6) is -4.78. The molecule has 0 N–H and O–H groups in total. The number of carboxylic acids is 2. The average Bonchev–Trinajstić information content (AvgIpc) is 2.19. The first-order chi connectivity index (χ1) is 7.36. The molecule has 0 spiro atoms. The number of aliphatic carboxylic acids is 2. The Morgan fingerprint density at radius 3 is 1.06 bits per heavy atom. The molecule has 0 heterocycles. The monoisotopic (exact) mass is 270 g/mol. The van der Waals surface area contributed by atoms with Crippen LogP contribution in [0.1, 0.15) is 39.5 Å². The number of carbonyl (C=O) groups excluding carboxylic acids is 4. The first kappa shape index (κ1) is 21.8. The molecule has 0 saturated heterocycles. The molecule has 6 nitrogen and oxygen atoms in total. The molecule has 0 aromatic heterocycles. The second-order valence-corrected chi connectivity index (χ2v) is 2.92. The van der Waals surface area contributed by atoms with E-state index in [-0.39, 0.29) is 50.6 Å². The van der Waals surface area contributed by atoms with Crippen LogP contribution in [0.2, 0.25) is 0 Å². The molecular formula is C10H14CaO6. The Labute approximate surface area is 129 Å². The van der Waals surface area contributed by atoms with E-state index >= 15 is 0 Å². The molecule has 0 bridgehead atoms. The molecule has 92 valence electrons. The summed E-state index contributed by atoms with van der Waals surface area (Å²) in [4.78, 5) is 39.4. The molecule has 0 aliphatic rings. The first-order valence-electron chi connectivity index (χ1n) is 4.85. The molecule has 0 aromatic rings. The number of ketones is 2. The number of carbonyl (C=O) groups is 4. The van der Waals surface area contributed by atoms with E-state index in [1.165, 1.54) is 0 Å². The second-order valence-electron chi connectivity index (χ2n) is 2.92. The van der Waals surface area contributed by atoms with Crippen LogP contribution < -0.4 is 10.2 Å². The fourth-order valence-corrected chi connectivity index (χ4v) is 0.658. The van der Waals surface area contributed by atoms with Crippen molar-refractivity contribution < 1.29 is 29.4 Å². The van der Waals surface area contributed by atoms with Gasteiger partial charge in [0.25, 0.3) is 0 Å². The van der Waals surface area contributed by atoms with Gasteiger partial charge in [0, 0.05) is 12.8 Å². The van der Waals surface area contributed by atoms with Crippen molar-refractivity contribution in [2.45, 2.75) is 39.5 Å². The summed E-state index contributed by atoms with van der Waals surface area (Å²) in [6.07, 6.45) is 1.30. The van der Waals surface area contributed by atoms with Gasteiger partial charge in [-0.2, -0.15) is 0 Å². The van der Waals surface area contributed by atoms with Gasteiger partial charge >= 0.3 is 37.7 Å². The summed E-state index contributed by atoms with van der Waals surface area (Å²) in [7, 11) is 0. The molecule has 17 heavy (non-hydrogen) atoms. The Morgan fingerprint density at radius 2 is 1.00 bits per heavy atom. The second kappa shape index (κ2) is 13.6. The van der Waals surface area contributed by atoms with E-state index in [9.17, 15) is 29.4 Å². The SMILES string of the molecule is CCCC(=O)C(=O)[O-].CCCC(=O)C(=O)[O-].[Ca+2]. The van der Waals surface area contributed by atoms with Gasteiger partial charge < -0.3 is 19.8 Å². The van der Waals surface area contributed by atoms with Crippen molar-refractivity contribution in [2.24, 2.45) is 0 Å². The van der Waals surface area contributed by atoms with Crippen LogP contribution in [0.4, 0.5) is 0 Å². The van der Waals surface area contributed by atoms with Crippen molar-refractivity contribution >= 4 is 61.2 Å². The van der Waals surface area contributed by atoms with Gasteiger partial charge in [0.15, 0.2) is 11.6 Å². The van der Waals surface area contributed by atoms with Gasteiger partial charge in [0.1, 0.15) is 11.9 Å². The third-order valence-corrected chi connectivity index (χ3v) is 1.41. The fraction of sp³-hybridized carbons (Fsp3) is 0.600. The van der Waals surface area contributed by atoms with Gasteiger partial charge in [-0.05, 0) is 12.8 Å². The van der Waals surface area contributed by atoms with Crippen LogP contribution in [0.25, 0.3) is 0 Å². The van der Waals surface area contributed by atoms with E-state index in [0.717, 1.165) is 0 Å². The van der Waals surface area contributed by atoms with E-state index in [2.05, 4.69) is 0 Å². The summed E-state index contributed by atoms with van der Waals surface area (Å²) in [6.45, 7) is 3.47. The van der Waals surface area contributed by atoms with Crippen LogP contribution >= 0.6 is 0 Å². The minimum absolute atomic E-state index is 0. The van der Waals surface area contributed by atoms with Crippen molar-refractivity contribution in [1.82, 2.24) is 0 Å². The van der Waals surface area contributed by atoms with Gasteiger partial charge in [-0.15, -0.1) is 0 Å². The number of hydrogen-bond donors (Lipinski definition) is 0. The molecule has 0 fully saturated rings. The fourth-order valence-electron chi connectivity index (χ4n) is 0.658. The zero-order valence-electron chi connectivity index (χ0n) is 9.99. The molecule has 0 atom stereocenters. The minimum atomic E-state index is -1.58. The van der Waals surface area contributed by atoms with Gasteiger partial charge in [-0.1, -0.05) is 13.8 Å². The molecular weight excluding hydrogens is 256 g/mol. The van der Waals surface area contributed by atoms with Crippen LogP contribution in [-0.4, -0.2) is 61.2 Å². The molecule has 0 amide bonds. The van der Waals surface area contributed by atoms with E-state index in [1.54, 1.807) is 13.8 Å². The number of rotatable bonds is 6. The smallest absolute Gasteiger partial charge is 0.542 e. The predicted octanol–water partition coefficient (Wildman–Crippen LogP) is -2.17. The van der Waals surface area contributed by atoms with Crippen molar-refractivity contribution in [3.05, 3.63) is 0 Å². The maximum absolute atomic E-state index is 10.1. The van der Waals surface area contributed by atoms with E-state index < -0.39 is 23.5 Å². The Morgan fingerprint density at radius 1 is 0.765 bits per heavy atom. The standard InChI is InChI=1S/2C5H8O3.Ca/c2*1-2-3-4(6)5(7)8;/h2*2-3H2,1H3,(H,7,8);/q;;+2/p-2. The number of carboxylic acid groups (broad SMARTS) is 2. The molecule has 0 unspecified atom stereocenters. The molecule has 0 aliphatic carbocycles. The predicted molar refractivity (Wildman–Crippen MR) is 55.6 cm³/mol. The Hall–Kier alpha value is -0.460. The van der Waals surface area contributed by atoms with Crippen LogP contribution in [0, 0.1) is 0 Å². The van der Waals surface area contributed by atoms with E-state index in [0.29, 0.717) is 12.8 Å². The summed E-state index contributed by atoms with van der Waals surface area (Å²) in [5, 5.41) is 19.3. The van der Waals surface area contributed by atoms with Crippen molar-refractivity contribution in [1.29, 1.82) is 0 Å². The molecule has 0 aromatic carbocycles. The number of Topliss-reactive ketones (excluding diaryl/α,β-unsaturated/α-hetero) is 2. The van der Waals surface area contributed by atoms with Crippen LogP contribution in [0.3, 0.4) is 0 Å². The zero-order valence-corrected chi connectivity index (χ0v) is 12.2. The molecule has 0 radical (unpaired) electrons. The van der Waals surface area contributed by atoms with Crippen molar-refractivity contribution in [3.63, 3.8) is 0 Å². The largest absolute Gasteiger partial charge is 2.00 e. The topological polar surface area (TPSA) is 114 Å². The quantitative estimate of drug-likeness (QED) is 0.401. The maximum atomic E-state index is 10.1. The average molecular weight is 270 g/mol. The van der Waals surface area contributed by atoms with Gasteiger partial charge in [0.05, 0.1) is 0 Å². The van der Waals surface area contributed by atoms with Gasteiger partial charge in [-0.25, -0.2) is 0 Å². The Balaban J connectivity index is -0.000000218. The van der Waals surface area contributed by atoms with Crippen molar-refractivity contribution in [3.8, 4) is 0 Å². The molecule has 7 heteroatoms. The third kappa shape index (κ3) is 15.5. The summed E-state index contributed by atoms with van der Waals surface area (Å²) in [6, 6.07) is 0. The minimum Gasteiger partial charge on any atom is -0.542 e. The zero-order chi connectivity index (χ0) is 13.1. The summed E-state index contributed by atoms with van der Waals surface area (Å²) < 4.78 is 0. The van der Waals surface area contributed by atoms with E-state index in [1.807, 2.05) is 0 Å². The van der Waals surface area contributed by atoms with Gasteiger partial charge in [0.2, 0.25) is 0 Å². The van der Waals surface area contributed by atoms with Crippen LogP contribution in [0.15, 0.2) is 0 Å². The Bertz CT molecular complexity index is 246. The maximum Gasteiger partial charge on any atom is 2.00 e. The number of hydrogen-bond acceptors (Lipinski definition) is 6. The summed E-state index contributed by atoms with van der Waals surface area (Å²) in [5.41, 5.74) is 0.